The van der Waals surface area contributed by atoms with Crippen molar-refractivity contribution >= 4 is 47.6 Å². The summed E-state index contributed by atoms with van der Waals surface area (Å²) in [7, 11) is -6.79. The molecule has 0 amide bonds. The number of fused-ring (bicyclic) bond motifs is 1. The number of sulfonamides is 2. The minimum absolute atomic E-state index is 0.00387. The molecule has 1 heterocycles. The fourth-order valence-corrected chi connectivity index (χ4v) is 5.30. The number of thiazole rings is 1. The van der Waals surface area contributed by atoms with Crippen molar-refractivity contribution in [2.24, 2.45) is 9.54 Å². The lowest BCUT2D eigenvalue weighted by molar-refractivity contribution is -0.141. The Morgan fingerprint density at radius 3 is 2.39 bits per heavy atom. The predicted octanol–water partition coefficient (Wildman–Crippen LogP) is 0.813. The minimum atomic E-state index is -4.04. The molecule has 12 heteroatoms. The maximum atomic E-state index is 12.6. The lowest BCUT2D eigenvalue weighted by Crippen LogP contribution is -2.22. The molecule has 0 unspecified atom stereocenters. The molecule has 0 aliphatic heterocycles. The number of nitrogens with two attached hydrogens (primary N) is 1. The molecule has 0 bridgehead atoms. The van der Waals surface area contributed by atoms with Gasteiger partial charge in [-0.15, -0.1) is 4.40 Å². The number of hydrogen-bond donors (Lipinski definition) is 1. The van der Waals surface area contributed by atoms with Gasteiger partial charge in [-0.3, -0.25) is 4.79 Å². The molecule has 1 aromatic heterocycles. The fourth-order valence-electron chi connectivity index (χ4n) is 2.39. The van der Waals surface area contributed by atoms with Crippen molar-refractivity contribution in [3.8, 4) is 0 Å². The summed E-state index contributed by atoms with van der Waals surface area (Å²) in [6.45, 7) is -0.297. The van der Waals surface area contributed by atoms with E-state index in [9.17, 15) is 21.6 Å². The van der Waals surface area contributed by atoms with Crippen molar-refractivity contribution in [2.45, 2.75) is 16.3 Å². The van der Waals surface area contributed by atoms with Gasteiger partial charge in [0.1, 0.15) is 6.54 Å². The van der Waals surface area contributed by atoms with Crippen LogP contribution in [0, 0.1) is 0 Å². The molecule has 0 atom stereocenters. The van der Waals surface area contributed by atoms with Crippen LogP contribution in [0.4, 0.5) is 0 Å². The predicted molar refractivity (Wildman–Crippen MR) is 102 cm³/mol. The lowest BCUT2D eigenvalue weighted by atomic mass is 10.3. The summed E-state index contributed by atoms with van der Waals surface area (Å²) in [5, 5.41) is 5.15. The van der Waals surface area contributed by atoms with Crippen molar-refractivity contribution in [2.75, 3.05) is 7.11 Å². The van der Waals surface area contributed by atoms with Gasteiger partial charge in [-0.1, -0.05) is 29.5 Å². The summed E-state index contributed by atoms with van der Waals surface area (Å²) >= 11 is 0.918. The van der Waals surface area contributed by atoms with Crippen LogP contribution in [0.15, 0.2) is 62.7 Å². The number of ether oxygens (including phenoxy) is 1. The van der Waals surface area contributed by atoms with Crippen molar-refractivity contribution in [3.63, 3.8) is 0 Å². The molecule has 0 spiro atoms. The van der Waals surface area contributed by atoms with Crippen molar-refractivity contribution < 1.29 is 26.4 Å². The topological polar surface area (TPSA) is 138 Å². The molecular formula is C16H15N3O6S3. The van der Waals surface area contributed by atoms with Gasteiger partial charge >= 0.3 is 5.97 Å². The van der Waals surface area contributed by atoms with E-state index in [0.717, 1.165) is 11.3 Å². The van der Waals surface area contributed by atoms with Crippen LogP contribution >= 0.6 is 11.3 Å². The monoisotopic (exact) mass is 441 g/mol. The van der Waals surface area contributed by atoms with Crippen LogP contribution in [0.2, 0.25) is 0 Å². The van der Waals surface area contributed by atoms with E-state index in [1.807, 2.05) is 0 Å². The number of benzene rings is 2. The maximum absolute atomic E-state index is 12.6. The molecule has 0 aliphatic rings. The molecule has 0 saturated carbocycles. The van der Waals surface area contributed by atoms with Crippen LogP contribution in [-0.4, -0.2) is 34.5 Å². The van der Waals surface area contributed by atoms with Crippen molar-refractivity contribution in [1.82, 2.24) is 4.57 Å². The molecule has 0 saturated heterocycles. The van der Waals surface area contributed by atoms with Gasteiger partial charge in [0.15, 0.2) is 0 Å². The third-order valence-corrected chi connectivity index (χ3v) is 7.09. The second-order valence-electron chi connectivity index (χ2n) is 5.60. The average Bonchev–Trinajstić information content (AvgIpc) is 2.97. The van der Waals surface area contributed by atoms with Crippen LogP contribution < -0.4 is 9.94 Å². The number of aromatic nitrogens is 1. The van der Waals surface area contributed by atoms with Gasteiger partial charge in [0.05, 0.1) is 27.1 Å². The molecule has 3 rings (SSSR count). The van der Waals surface area contributed by atoms with E-state index in [-0.39, 0.29) is 21.1 Å². The summed E-state index contributed by atoms with van der Waals surface area (Å²) < 4.78 is 58.6. The zero-order chi connectivity index (χ0) is 20.5. The molecule has 0 aliphatic carbocycles. The molecule has 2 aromatic carbocycles. The van der Waals surface area contributed by atoms with E-state index < -0.39 is 26.0 Å². The van der Waals surface area contributed by atoms with Gasteiger partial charge in [0, 0.05) is 0 Å². The third-order valence-electron chi connectivity index (χ3n) is 3.74. The van der Waals surface area contributed by atoms with E-state index in [1.165, 1.54) is 42.0 Å². The second-order valence-corrected chi connectivity index (χ2v) is 9.78. The Kier molecular flexibility index (Phi) is 5.39. The number of nitrogens with zero attached hydrogens (tertiary/aromatic N) is 2. The fraction of sp³-hybridized carbons (Fsp3) is 0.125. The first kappa shape index (κ1) is 20.2. The van der Waals surface area contributed by atoms with E-state index >= 15 is 0 Å². The highest BCUT2D eigenvalue weighted by molar-refractivity contribution is 7.90. The summed E-state index contributed by atoms with van der Waals surface area (Å²) in [6, 6.07) is 11.6. The number of carbonyl (C=O) groups excluding carboxylic acids is 1. The largest absolute Gasteiger partial charge is 0.468 e. The highest BCUT2D eigenvalue weighted by Gasteiger charge is 2.17. The highest BCUT2D eigenvalue weighted by Crippen LogP contribution is 2.22. The lowest BCUT2D eigenvalue weighted by Gasteiger charge is -2.04. The third kappa shape index (κ3) is 4.14. The molecule has 2 N–H and O–H groups in total. The van der Waals surface area contributed by atoms with E-state index in [2.05, 4.69) is 9.13 Å². The molecular weight excluding hydrogens is 426 g/mol. The Hall–Kier alpha value is -2.54. The molecule has 0 radical (unpaired) electrons. The van der Waals surface area contributed by atoms with Gasteiger partial charge in [-0.05, 0) is 30.3 Å². The molecule has 148 valence electrons. The van der Waals surface area contributed by atoms with Crippen LogP contribution in [-0.2, 0) is 36.1 Å². The minimum Gasteiger partial charge on any atom is -0.468 e. The van der Waals surface area contributed by atoms with Crippen LogP contribution in [0.1, 0.15) is 0 Å². The average molecular weight is 442 g/mol. The second kappa shape index (κ2) is 7.47. The Labute approximate surface area is 164 Å². The number of primary sulfonamides is 1. The van der Waals surface area contributed by atoms with Gasteiger partial charge in [0.2, 0.25) is 14.8 Å². The highest BCUT2D eigenvalue weighted by atomic mass is 32.2. The summed E-state index contributed by atoms with van der Waals surface area (Å²) in [6.07, 6.45) is 0. The number of hydrogen-bond acceptors (Lipinski definition) is 7. The van der Waals surface area contributed by atoms with Crippen LogP contribution in [0.3, 0.4) is 0 Å². The summed E-state index contributed by atoms with van der Waals surface area (Å²) in [4.78, 5) is 11.6. The number of rotatable bonds is 5. The zero-order valence-electron chi connectivity index (χ0n) is 14.5. The molecule has 9 nitrogen and oxygen atoms in total. The quantitative estimate of drug-likeness (QED) is 0.582. The summed E-state index contributed by atoms with van der Waals surface area (Å²) in [5.74, 6) is -0.617. The van der Waals surface area contributed by atoms with E-state index in [4.69, 9.17) is 5.14 Å². The van der Waals surface area contributed by atoms with E-state index in [0.29, 0.717) is 10.2 Å². The van der Waals surface area contributed by atoms with Gasteiger partial charge < -0.3 is 9.30 Å². The van der Waals surface area contributed by atoms with Gasteiger partial charge in [-0.25, -0.2) is 13.6 Å². The van der Waals surface area contributed by atoms with Crippen molar-refractivity contribution in [1.29, 1.82) is 0 Å². The number of methoxy groups -OCH3 is 1. The Balaban J connectivity index is 2.28. The van der Waals surface area contributed by atoms with Crippen LogP contribution in [0.5, 0.6) is 0 Å². The SMILES string of the molecule is COC(=O)Cn1c(=NS(=O)(=O)c2ccccc2)sc2cc(S(N)(=O)=O)ccc21. The molecule has 28 heavy (non-hydrogen) atoms. The standard InChI is InChI=1S/C16H15N3O6S3/c1-25-15(20)10-19-13-8-7-12(27(17,21)22)9-14(13)26-16(19)18-28(23,24)11-5-3-2-4-6-11/h2-9H,10H2,1H3,(H2,17,21,22). The normalized spacial score (nSPS) is 13.0. The van der Waals surface area contributed by atoms with Crippen LogP contribution in [0.25, 0.3) is 10.2 Å². The first-order valence-corrected chi connectivity index (χ1v) is 11.5. The van der Waals surface area contributed by atoms with Crippen molar-refractivity contribution in [3.05, 3.63) is 53.3 Å². The van der Waals surface area contributed by atoms with Gasteiger partial charge in [-0.2, -0.15) is 8.42 Å². The zero-order valence-corrected chi connectivity index (χ0v) is 16.9. The Bertz CT molecular complexity index is 1320. The number of carbonyl (C=O) groups is 1. The molecule has 3 aromatic rings. The molecule has 0 fully saturated rings. The maximum Gasteiger partial charge on any atom is 0.325 e. The Morgan fingerprint density at radius 1 is 1.11 bits per heavy atom. The van der Waals surface area contributed by atoms with E-state index in [1.54, 1.807) is 18.2 Å². The summed E-state index contributed by atoms with van der Waals surface area (Å²) in [5.41, 5.74) is 0.421. The Morgan fingerprint density at radius 2 is 1.79 bits per heavy atom. The first-order valence-electron chi connectivity index (χ1n) is 7.71. The number of esters is 1. The smallest absolute Gasteiger partial charge is 0.325 e. The van der Waals surface area contributed by atoms with Gasteiger partial charge in [0.25, 0.3) is 10.0 Å². The first-order chi connectivity index (χ1) is 13.1.